The summed E-state index contributed by atoms with van der Waals surface area (Å²) in [5.74, 6) is 1.28. The minimum absolute atomic E-state index is 0.0160. The van der Waals surface area contributed by atoms with Crippen LogP contribution in [-0.4, -0.2) is 29.8 Å². The number of nitrogens with one attached hydrogen (secondary N) is 1. The van der Waals surface area contributed by atoms with Crippen LogP contribution in [0, 0.1) is 5.92 Å². The molecule has 2 aliphatic rings. The molecule has 0 aliphatic heterocycles. The quantitative estimate of drug-likeness (QED) is 0.881. The van der Waals surface area contributed by atoms with Gasteiger partial charge < -0.3 is 14.6 Å². The molecule has 1 aromatic carbocycles. The van der Waals surface area contributed by atoms with Crippen LogP contribution < -0.4 is 5.32 Å². The molecule has 25 heavy (non-hydrogen) atoms. The van der Waals surface area contributed by atoms with Crippen molar-refractivity contribution in [2.45, 2.75) is 37.8 Å². The third kappa shape index (κ3) is 3.60. The van der Waals surface area contributed by atoms with Gasteiger partial charge in [0.05, 0.1) is 6.26 Å². The Morgan fingerprint density at radius 2 is 1.96 bits per heavy atom. The topological polar surface area (TPSA) is 62.6 Å². The van der Waals surface area contributed by atoms with Gasteiger partial charge in [-0.2, -0.15) is 0 Å². The highest BCUT2D eigenvalue weighted by atomic mass is 16.3. The number of rotatable bonds is 6. The number of hydrogen-bond donors (Lipinski definition) is 1. The first kappa shape index (κ1) is 15.9. The van der Waals surface area contributed by atoms with Crippen molar-refractivity contribution in [2.24, 2.45) is 5.92 Å². The van der Waals surface area contributed by atoms with E-state index in [4.69, 9.17) is 4.42 Å². The fourth-order valence-electron chi connectivity index (χ4n) is 3.18. The molecule has 130 valence electrons. The summed E-state index contributed by atoms with van der Waals surface area (Å²) in [4.78, 5) is 26.3. The summed E-state index contributed by atoms with van der Waals surface area (Å²) >= 11 is 0. The van der Waals surface area contributed by atoms with Crippen LogP contribution in [0.25, 0.3) is 0 Å². The molecule has 2 atom stereocenters. The van der Waals surface area contributed by atoms with Gasteiger partial charge in [0.2, 0.25) is 5.91 Å². The molecular formula is C20H22N2O3. The van der Waals surface area contributed by atoms with E-state index in [1.807, 2.05) is 43.4 Å². The fraction of sp³-hybridized carbons (Fsp3) is 0.400. The van der Waals surface area contributed by atoms with Gasteiger partial charge >= 0.3 is 0 Å². The molecule has 2 amide bonds. The first-order chi connectivity index (χ1) is 12.1. The van der Waals surface area contributed by atoms with Crippen LogP contribution in [0.4, 0.5) is 0 Å². The number of furan rings is 1. The number of nitrogens with zero attached hydrogens (tertiary/aromatic N) is 1. The van der Waals surface area contributed by atoms with Crippen LogP contribution in [0.15, 0.2) is 47.1 Å². The van der Waals surface area contributed by atoms with Crippen LogP contribution in [0.1, 0.15) is 46.9 Å². The lowest BCUT2D eigenvalue weighted by atomic mass is 10.1. The molecule has 0 bridgehead atoms. The van der Waals surface area contributed by atoms with Crippen molar-refractivity contribution in [3.63, 3.8) is 0 Å². The first-order valence-electron chi connectivity index (χ1n) is 8.80. The van der Waals surface area contributed by atoms with E-state index in [1.54, 1.807) is 11.2 Å². The summed E-state index contributed by atoms with van der Waals surface area (Å²) in [5, 5.41) is 2.98. The molecule has 1 aromatic heterocycles. The highest BCUT2D eigenvalue weighted by Crippen LogP contribution is 2.48. The van der Waals surface area contributed by atoms with E-state index >= 15 is 0 Å². The Hall–Kier alpha value is -2.56. The zero-order chi connectivity index (χ0) is 17.4. The van der Waals surface area contributed by atoms with Gasteiger partial charge in [-0.05, 0) is 49.1 Å². The van der Waals surface area contributed by atoms with E-state index in [-0.39, 0.29) is 23.7 Å². The summed E-state index contributed by atoms with van der Waals surface area (Å²) in [7, 11) is 1.83. The van der Waals surface area contributed by atoms with Gasteiger partial charge in [0.25, 0.3) is 5.91 Å². The Morgan fingerprint density at radius 3 is 2.60 bits per heavy atom. The van der Waals surface area contributed by atoms with Crippen LogP contribution in [-0.2, 0) is 11.3 Å². The van der Waals surface area contributed by atoms with E-state index < -0.39 is 0 Å². The summed E-state index contributed by atoms with van der Waals surface area (Å²) < 4.78 is 5.39. The van der Waals surface area contributed by atoms with Crippen LogP contribution in [0.3, 0.4) is 0 Å². The van der Waals surface area contributed by atoms with Gasteiger partial charge in [-0.1, -0.05) is 12.1 Å². The molecule has 2 aliphatic carbocycles. The lowest BCUT2D eigenvalue weighted by Gasteiger charge is -2.17. The Kier molecular flexibility index (Phi) is 4.07. The van der Waals surface area contributed by atoms with E-state index in [1.165, 1.54) is 0 Å². The van der Waals surface area contributed by atoms with Gasteiger partial charge in [0.1, 0.15) is 5.76 Å². The molecule has 5 nitrogen and oxygen atoms in total. The summed E-state index contributed by atoms with van der Waals surface area (Å²) in [5.41, 5.74) is 1.69. The third-order valence-corrected chi connectivity index (χ3v) is 4.94. The Labute approximate surface area is 147 Å². The van der Waals surface area contributed by atoms with Crippen LogP contribution in [0.2, 0.25) is 0 Å². The predicted octanol–water partition coefficient (Wildman–Crippen LogP) is 2.93. The number of carbonyl (C=O) groups excluding carboxylic acids is 2. The SMILES string of the molecule is CN(Cc1ccc(C(=O)NC2CC2)cc1)C(=O)[C@H]1C[C@@H]1c1ccco1. The molecular weight excluding hydrogens is 316 g/mol. The summed E-state index contributed by atoms with van der Waals surface area (Å²) in [6.45, 7) is 0.546. The second-order valence-corrected chi connectivity index (χ2v) is 7.10. The molecule has 2 aromatic rings. The third-order valence-electron chi connectivity index (χ3n) is 4.94. The Balaban J connectivity index is 1.32. The number of hydrogen-bond acceptors (Lipinski definition) is 3. The monoisotopic (exact) mass is 338 g/mol. The van der Waals surface area contributed by atoms with Crippen molar-refractivity contribution in [2.75, 3.05) is 7.05 Å². The Bertz CT molecular complexity index is 763. The highest BCUT2D eigenvalue weighted by Gasteiger charge is 2.46. The maximum Gasteiger partial charge on any atom is 0.251 e. The maximum atomic E-state index is 12.5. The average Bonchev–Trinajstić information content (AvgIpc) is 3.54. The second-order valence-electron chi connectivity index (χ2n) is 7.10. The van der Waals surface area contributed by atoms with Crippen LogP contribution in [0.5, 0.6) is 0 Å². The first-order valence-corrected chi connectivity index (χ1v) is 8.80. The van der Waals surface area contributed by atoms with Crippen molar-refractivity contribution in [3.8, 4) is 0 Å². The number of carbonyl (C=O) groups is 2. The molecule has 0 spiro atoms. The van der Waals surface area contributed by atoms with Gasteiger partial charge in [0.15, 0.2) is 0 Å². The molecule has 4 rings (SSSR count). The zero-order valence-corrected chi connectivity index (χ0v) is 14.3. The smallest absolute Gasteiger partial charge is 0.251 e. The summed E-state index contributed by atoms with van der Waals surface area (Å²) in [6.07, 6.45) is 4.67. The van der Waals surface area contributed by atoms with Crippen molar-refractivity contribution < 1.29 is 14.0 Å². The average molecular weight is 338 g/mol. The van der Waals surface area contributed by atoms with Crippen molar-refractivity contribution >= 4 is 11.8 Å². The zero-order valence-electron chi connectivity index (χ0n) is 14.3. The molecule has 0 saturated heterocycles. The molecule has 0 radical (unpaired) electrons. The molecule has 0 unspecified atom stereocenters. The summed E-state index contributed by atoms with van der Waals surface area (Å²) in [6, 6.07) is 11.6. The van der Waals surface area contributed by atoms with Crippen LogP contribution >= 0.6 is 0 Å². The standard InChI is InChI=1S/C20H22N2O3/c1-22(20(24)17-11-16(17)18-3-2-10-25-18)12-13-4-6-14(7-5-13)19(23)21-15-8-9-15/h2-7,10,15-17H,8-9,11-12H2,1H3,(H,21,23)/t16-,17-/m0/s1. The van der Waals surface area contributed by atoms with E-state index in [0.29, 0.717) is 18.2 Å². The predicted molar refractivity (Wildman–Crippen MR) is 93.0 cm³/mol. The highest BCUT2D eigenvalue weighted by molar-refractivity contribution is 5.94. The second kappa shape index (κ2) is 6.39. The largest absolute Gasteiger partial charge is 0.469 e. The number of benzene rings is 1. The van der Waals surface area contributed by atoms with E-state index in [0.717, 1.165) is 30.6 Å². The van der Waals surface area contributed by atoms with Crippen molar-refractivity contribution in [1.82, 2.24) is 10.2 Å². The molecule has 1 heterocycles. The molecule has 2 saturated carbocycles. The fourth-order valence-corrected chi connectivity index (χ4v) is 3.18. The van der Waals surface area contributed by atoms with Gasteiger partial charge in [-0.25, -0.2) is 0 Å². The van der Waals surface area contributed by atoms with Crippen molar-refractivity contribution in [1.29, 1.82) is 0 Å². The van der Waals surface area contributed by atoms with E-state index in [2.05, 4.69) is 5.32 Å². The van der Waals surface area contributed by atoms with Gasteiger partial charge in [-0.3, -0.25) is 9.59 Å². The number of amides is 2. The molecule has 1 N–H and O–H groups in total. The lowest BCUT2D eigenvalue weighted by molar-refractivity contribution is -0.131. The Morgan fingerprint density at radius 1 is 1.20 bits per heavy atom. The van der Waals surface area contributed by atoms with Gasteiger partial charge in [0, 0.05) is 37.0 Å². The van der Waals surface area contributed by atoms with Crippen molar-refractivity contribution in [3.05, 3.63) is 59.5 Å². The molecule has 5 heteroatoms. The molecule has 2 fully saturated rings. The minimum Gasteiger partial charge on any atom is -0.469 e. The minimum atomic E-state index is -0.0160. The van der Waals surface area contributed by atoms with Gasteiger partial charge in [-0.15, -0.1) is 0 Å². The normalized spacial score (nSPS) is 21.6. The maximum absolute atomic E-state index is 12.5. The lowest BCUT2D eigenvalue weighted by Crippen LogP contribution is -2.28. The van der Waals surface area contributed by atoms with E-state index in [9.17, 15) is 9.59 Å².